The first-order chi connectivity index (χ1) is 9.22. The maximum atomic E-state index is 11.7. The van der Waals surface area contributed by atoms with Crippen molar-refractivity contribution in [1.29, 1.82) is 0 Å². The number of benzene rings is 1. The monoisotopic (exact) mass is 277 g/mol. The minimum Gasteiger partial charge on any atom is -0.446 e. The fourth-order valence-electron chi connectivity index (χ4n) is 2.21. The summed E-state index contributed by atoms with van der Waals surface area (Å²) in [5.74, 6) is -0.223. The van der Waals surface area contributed by atoms with Crippen LogP contribution in [0.1, 0.15) is 18.4 Å². The van der Waals surface area contributed by atoms with Gasteiger partial charge in [0.05, 0.1) is 0 Å². The second-order valence-corrected chi connectivity index (χ2v) is 5.48. The number of hydrogen-bond acceptors (Lipinski definition) is 5. The molecular formula is C14H15NO3S. The predicted molar refractivity (Wildman–Crippen MR) is 73.9 cm³/mol. The molecule has 19 heavy (non-hydrogen) atoms. The lowest BCUT2D eigenvalue weighted by molar-refractivity contribution is -0.135. The van der Waals surface area contributed by atoms with Crippen LogP contribution in [0.3, 0.4) is 0 Å². The van der Waals surface area contributed by atoms with E-state index in [2.05, 4.69) is 5.32 Å². The lowest BCUT2D eigenvalue weighted by atomic mass is 10.2. The second-order valence-electron chi connectivity index (χ2n) is 4.74. The number of nitrogens with one attached hydrogen (secondary N) is 1. The average molecular weight is 277 g/mol. The standard InChI is InChI=1S/C14H15NO3S/c1-9-4-5-12-10(7-9)8-13(17-12)19-18-14(16)11-3-2-6-15-11/h4-5,7-8,11,15H,2-3,6H2,1H3. The van der Waals surface area contributed by atoms with Crippen molar-refractivity contribution in [1.82, 2.24) is 5.32 Å². The summed E-state index contributed by atoms with van der Waals surface area (Å²) in [5, 5.41) is 4.74. The topological polar surface area (TPSA) is 51.5 Å². The molecule has 0 amide bonds. The normalized spacial score (nSPS) is 18.9. The SMILES string of the molecule is Cc1ccc2oc(SOC(=O)C3CCCN3)cc2c1. The van der Waals surface area contributed by atoms with E-state index < -0.39 is 0 Å². The maximum Gasteiger partial charge on any atom is 0.335 e. The Bertz CT molecular complexity index is 602. The van der Waals surface area contributed by atoms with Crippen molar-refractivity contribution in [3.63, 3.8) is 0 Å². The summed E-state index contributed by atoms with van der Waals surface area (Å²) in [6.45, 7) is 2.92. The Morgan fingerprint density at radius 1 is 1.47 bits per heavy atom. The van der Waals surface area contributed by atoms with Gasteiger partial charge in [-0.05, 0) is 38.4 Å². The van der Waals surface area contributed by atoms with Crippen molar-refractivity contribution >= 4 is 29.0 Å². The molecular weight excluding hydrogens is 262 g/mol. The maximum absolute atomic E-state index is 11.7. The van der Waals surface area contributed by atoms with Crippen LogP contribution in [-0.4, -0.2) is 18.6 Å². The van der Waals surface area contributed by atoms with E-state index in [9.17, 15) is 4.79 Å². The summed E-state index contributed by atoms with van der Waals surface area (Å²) >= 11 is 0.991. The zero-order chi connectivity index (χ0) is 13.2. The van der Waals surface area contributed by atoms with E-state index in [4.69, 9.17) is 8.60 Å². The summed E-state index contributed by atoms with van der Waals surface area (Å²) in [6, 6.07) is 7.69. The van der Waals surface area contributed by atoms with Crippen molar-refractivity contribution in [2.75, 3.05) is 6.54 Å². The number of hydrogen-bond donors (Lipinski definition) is 1. The molecule has 1 N–H and O–H groups in total. The van der Waals surface area contributed by atoms with Crippen LogP contribution in [0.5, 0.6) is 0 Å². The Kier molecular flexibility index (Phi) is 3.48. The number of fused-ring (bicyclic) bond motifs is 1. The number of rotatable bonds is 3. The molecule has 100 valence electrons. The van der Waals surface area contributed by atoms with Gasteiger partial charge < -0.3 is 13.9 Å². The molecule has 1 saturated heterocycles. The highest BCUT2D eigenvalue weighted by atomic mass is 32.2. The predicted octanol–water partition coefficient (Wildman–Crippen LogP) is 3.04. The Labute approximate surface area is 115 Å². The highest BCUT2D eigenvalue weighted by Crippen LogP contribution is 2.28. The zero-order valence-electron chi connectivity index (χ0n) is 10.6. The van der Waals surface area contributed by atoms with Crippen LogP contribution in [0.2, 0.25) is 0 Å². The number of aryl methyl sites for hydroxylation is 1. The smallest absolute Gasteiger partial charge is 0.335 e. The van der Waals surface area contributed by atoms with Crippen LogP contribution >= 0.6 is 12.0 Å². The lowest BCUT2D eigenvalue weighted by Gasteiger charge is -2.06. The van der Waals surface area contributed by atoms with E-state index in [1.165, 1.54) is 5.56 Å². The Morgan fingerprint density at radius 2 is 2.37 bits per heavy atom. The first-order valence-corrected chi connectivity index (χ1v) is 7.08. The summed E-state index contributed by atoms with van der Waals surface area (Å²) in [4.78, 5) is 11.7. The van der Waals surface area contributed by atoms with Gasteiger partial charge in [0.1, 0.15) is 23.7 Å². The van der Waals surface area contributed by atoms with E-state index in [-0.39, 0.29) is 12.0 Å². The van der Waals surface area contributed by atoms with E-state index in [1.54, 1.807) is 0 Å². The highest BCUT2D eigenvalue weighted by Gasteiger charge is 2.24. The summed E-state index contributed by atoms with van der Waals surface area (Å²) in [5.41, 5.74) is 1.99. The second kappa shape index (κ2) is 5.27. The van der Waals surface area contributed by atoms with Crippen LogP contribution in [0.25, 0.3) is 11.0 Å². The van der Waals surface area contributed by atoms with Crippen LogP contribution in [0, 0.1) is 6.92 Å². The van der Waals surface area contributed by atoms with Crippen molar-refractivity contribution < 1.29 is 13.4 Å². The van der Waals surface area contributed by atoms with E-state index in [0.29, 0.717) is 5.09 Å². The minimum absolute atomic E-state index is 0.167. The van der Waals surface area contributed by atoms with E-state index >= 15 is 0 Å². The molecule has 0 saturated carbocycles. The van der Waals surface area contributed by atoms with Gasteiger partial charge in [0.2, 0.25) is 5.09 Å². The molecule has 1 aliphatic rings. The number of furan rings is 1. The molecule has 1 aromatic heterocycles. The quantitative estimate of drug-likeness (QED) is 0.874. The molecule has 1 fully saturated rings. The van der Waals surface area contributed by atoms with Gasteiger partial charge in [-0.2, -0.15) is 0 Å². The van der Waals surface area contributed by atoms with Gasteiger partial charge in [-0.1, -0.05) is 11.6 Å². The molecule has 4 nitrogen and oxygen atoms in total. The fourth-order valence-corrected chi connectivity index (χ4v) is 2.78. The van der Waals surface area contributed by atoms with Gasteiger partial charge >= 0.3 is 5.97 Å². The molecule has 1 aromatic carbocycles. The average Bonchev–Trinajstić information content (AvgIpc) is 3.04. The molecule has 1 atom stereocenters. The van der Waals surface area contributed by atoms with Gasteiger partial charge in [0.15, 0.2) is 0 Å². The van der Waals surface area contributed by atoms with Gasteiger partial charge in [0.25, 0.3) is 0 Å². The summed E-state index contributed by atoms with van der Waals surface area (Å²) < 4.78 is 10.8. The largest absolute Gasteiger partial charge is 0.446 e. The third kappa shape index (κ3) is 2.77. The van der Waals surface area contributed by atoms with E-state index in [1.807, 2.05) is 31.2 Å². The van der Waals surface area contributed by atoms with Crippen molar-refractivity contribution in [3.05, 3.63) is 29.8 Å². The Hall–Kier alpha value is -1.46. The van der Waals surface area contributed by atoms with Crippen molar-refractivity contribution in [2.45, 2.75) is 30.9 Å². The first-order valence-electron chi connectivity index (χ1n) is 6.34. The van der Waals surface area contributed by atoms with Gasteiger partial charge in [0, 0.05) is 11.5 Å². The van der Waals surface area contributed by atoms with Gasteiger partial charge in [-0.15, -0.1) is 0 Å². The molecule has 0 bridgehead atoms. The van der Waals surface area contributed by atoms with Crippen molar-refractivity contribution in [2.24, 2.45) is 0 Å². The Morgan fingerprint density at radius 3 is 3.16 bits per heavy atom. The molecule has 2 aromatic rings. The molecule has 1 unspecified atom stereocenters. The third-order valence-corrected chi connectivity index (χ3v) is 3.81. The highest BCUT2D eigenvalue weighted by molar-refractivity contribution is 7.94. The first kappa shape index (κ1) is 12.6. The molecule has 0 spiro atoms. The van der Waals surface area contributed by atoms with Crippen LogP contribution in [0.4, 0.5) is 0 Å². The van der Waals surface area contributed by atoms with Crippen molar-refractivity contribution in [3.8, 4) is 0 Å². The van der Waals surface area contributed by atoms with Gasteiger partial charge in [-0.3, -0.25) is 0 Å². The fraction of sp³-hybridized carbons (Fsp3) is 0.357. The Balaban J connectivity index is 1.66. The van der Waals surface area contributed by atoms with Crippen LogP contribution in [-0.2, 0) is 8.98 Å². The molecule has 0 radical (unpaired) electrons. The third-order valence-electron chi connectivity index (χ3n) is 3.20. The lowest BCUT2D eigenvalue weighted by Crippen LogP contribution is -2.31. The molecule has 3 rings (SSSR count). The number of carbonyl (C=O) groups excluding carboxylic acids is 1. The molecule has 5 heteroatoms. The molecule has 2 heterocycles. The minimum atomic E-state index is -0.223. The summed E-state index contributed by atoms with van der Waals surface area (Å²) in [7, 11) is 0. The van der Waals surface area contributed by atoms with Gasteiger partial charge in [-0.25, -0.2) is 4.79 Å². The molecule has 1 aliphatic heterocycles. The zero-order valence-corrected chi connectivity index (χ0v) is 11.5. The van der Waals surface area contributed by atoms with Crippen LogP contribution < -0.4 is 5.32 Å². The molecule has 0 aliphatic carbocycles. The van der Waals surface area contributed by atoms with Crippen LogP contribution in [0.15, 0.2) is 33.8 Å². The van der Waals surface area contributed by atoms with E-state index in [0.717, 1.165) is 42.4 Å². The number of carbonyl (C=O) groups is 1. The summed E-state index contributed by atoms with van der Waals surface area (Å²) in [6.07, 6.45) is 1.87.